The number of nitrogens with one attached hydrogen (secondary N) is 3. The topological polar surface area (TPSA) is 199 Å². The molecule has 0 unspecified atom stereocenters. The SMILES string of the molecule is CC(C)C[C@H](N)C(=O)O[C@H](CN1C[C@H]2CCCC[C@H]2C[C@H]1C(=O)NC(C)(C)C)[C@H](Cc1ccccc1)NC(=O)[C@H](CC(N)=O)NC(=O)c1ccc2ccccc2n1. The number of nitrogens with zero attached hydrogens (tertiary/aromatic N) is 2. The lowest BCUT2D eigenvalue weighted by atomic mass is 9.72. The molecule has 0 bridgehead atoms. The van der Waals surface area contributed by atoms with Gasteiger partial charge >= 0.3 is 5.97 Å². The molecule has 1 saturated heterocycles. The number of rotatable bonds is 16. The third kappa shape index (κ3) is 12.6. The Morgan fingerprint density at radius 3 is 2.28 bits per heavy atom. The van der Waals surface area contributed by atoms with E-state index in [1.165, 1.54) is 0 Å². The van der Waals surface area contributed by atoms with Crippen LogP contribution in [0.15, 0.2) is 66.7 Å². The average molecular weight is 784 g/mol. The molecule has 57 heavy (non-hydrogen) atoms. The summed E-state index contributed by atoms with van der Waals surface area (Å²) in [7, 11) is 0. The predicted octanol–water partition coefficient (Wildman–Crippen LogP) is 4.02. The van der Waals surface area contributed by atoms with Crippen LogP contribution < -0.4 is 27.4 Å². The van der Waals surface area contributed by atoms with Crippen molar-refractivity contribution in [1.29, 1.82) is 0 Å². The molecule has 5 rings (SSSR count). The predicted molar refractivity (Wildman–Crippen MR) is 220 cm³/mol. The van der Waals surface area contributed by atoms with Crippen molar-refractivity contribution >= 4 is 40.5 Å². The number of aromatic nitrogens is 1. The van der Waals surface area contributed by atoms with Gasteiger partial charge in [-0.25, -0.2) is 4.98 Å². The Morgan fingerprint density at radius 1 is 0.912 bits per heavy atom. The van der Waals surface area contributed by atoms with E-state index < -0.39 is 65.9 Å². The van der Waals surface area contributed by atoms with Gasteiger partial charge < -0.3 is 32.2 Å². The Bertz CT molecular complexity index is 1860. The molecule has 2 aliphatic rings. The smallest absolute Gasteiger partial charge is 0.323 e. The van der Waals surface area contributed by atoms with Crippen LogP contribution in [0.1, 0.15) is 95.6 Å². The molecule has 1 aliphatic carbocycles. The number of benzene rings is 2. The average Bonchev–Trinajstić information content (AvgIpc) is 3.15. The summed E-state index contributed by atoms with van der Waals surface area (Å²) < 4.78 is 6.33. The minimum Gasteiger partial charge on any atom is -0.458 e. The van der Waals surface area contributed by atoms with Crippen LogP contribution in [-0.2, 0) is 30.3 Å². The summed E-state index contributed by atoms with van der Waals surface area (Å²) in [4.78, 5) is 74.6. The number of piperidine rings is 1. The molecular weight excluding hydrogens is 723 g/mol. The summed E-state index contributed by atoms with van der Waals surface area (Å²) in [5.41, 5.74) is 13.1. The monoisotopic (exact) mass is 783 g/mol. The molecule has 13 heteroatoms. The van der Waals surface area contributed by atoms with Crippen molar-refractivity contribution in [2.75, 3.05) is 13.1 Å². The number of carbonyl (C=O) groups excluding carboxylic acids is 5. The fraction of sp³-hybridized carbons (Fsp3) is 0.545. The van der Waals surface area contributed by atoms with Gasteiger partial charge in [-0.3, -0.25) is 28.9 Å². The van der Waals surface area contributed by atoms with Gasteiger partial charge in [-0.2, -0.15) is 0 Å². The highest BCUT2D eigenvalue weighted by molar-refractivity contribution is 5.99. The molecule has 4 amide bonds. The second-order valence-corrected chi connectivity index (χ2v) is 17.4. The summed E-state index contributed by atoms with van der Waals surface area (Å²) in [6.45, 7) is 10.6. The Balaban J connectivity index is 1.49. The number of hydrogen-bond acceptors (Lipinski definition) is 9. The van der Waals surface area contributed by atoms with Crippen molar-refractivity contribution in [1.82, 2.24) is 25.8 Å². The van der Waals surface area contributed by atoms with Gasteiger partial charge in [0.2, 0.25) is 17.7 Å². The van der Waals surface area contributed by atoms with Crippen molar-refractivity contribution in [3.63, 3.8) is 0 Å². The molecule has 13 nitrogen and oxygen atoms in total. The van der Waals surface area contributed by atoms with Gasteiger partial charge in [-0.1, -0.05) is 87.7 Å². The van der Waals surface area contributed by atoms with E-state index in [4.69, 9.17) is 16.2 Å². The first kappa shape index (κ1) is 43.2. The van der Waals surface area contributed by atoms with Gasteiger partial charge in [-0.15, -0.1) is 0 Å². The first-order valence-electron chi connectivity index (χ1n) is 20.4. The normalized spacial score (nSPS) is 20.7. The van der Waals surface area contributed by atoms with Gasteiger partial charge in [0, 0.05) is 24.0 Å². The molecule has 308 valence electrons. The number of para-hydroxylation sites is 1. The van der Waals surface area contributed by atoms with Gasteiger partial charge in [0.05, 0.1) is 24.0 Å². The number of fused-ring (bicyclic) bond motifs is 2. The maximum Gasteiger partial charge on any atom is 0.323 e. The van der Waals surface area contributed by atoms with Crippen molar-refractivity contribution in [3.8, 4) is 0 Å². The number of primary amides is 1. The quantitative estimate of drug-likeness (QED) is 0.133. The third-order valence-electron chi connectivity index (χ3n) is 10.9. The number of nitrogens with two attached hydrogens (primary N) is 2. The summed E-state index contributed by atoms with van der Waals surface area (Å²) in [5.74, 6) is -1.96. The molecule has 1 saturated carbocycles. The van der Waals surface area contributed by atoms with Gasteiger partial charge in [0.15, 0.2) is 0 Å². The molecule has 1 aromatic heterocycles. The van der Waals surface area contributed by atoms with E-state index in [1.807, 2.05) is 83.1 Å². The van der Waals surface area contributed by atoms with Crippen LogP contribution in [-0.4, -0.2) is 88.4 Å². The van der Waals surface area contributed by atoms with E-state index in [-0.39, 0.29) is 30.5 Å². The fourth-order valence-electron chi connectivity index (χ4n) is 8.21. The molecule has 7 N–H and O–H groups in total. The number of esters is 1. The van der Waals surface area contributed by atoms with Crippen molar-refractivity contribution in [3.05, 3.63) is 78.0 Å². The number of hydrogen-bond donors (Lipinski definition) is 5. The minimum absolute atomic E-state index is 0.0634. The van der Waals surface area contributed by atoms with Crippen LogP contribution in [0.2, 0.25) is 0 Å². The van der Waals surface area contributed by atoms with Gasteiger partial charge in [0.25, 0.3) is 5.91 Å². The Kier molecular flexibility index (Phi) is 14.8. The minimum atomic E-state index is -1.37. The lowest BCUT2D eigenvalue weighted by Gasteiger charge is -2.47. The Morgan fingerprint density at radius 2 is 1.60 bits per heavy atom. The fourth-order valence-corrected chi connectivity index (χ4v) is 8.21. The highest BCUT2D eigenvalue weighted by atomic mass is 16.5. The highest BCUT2D eigenvalue weighted by Gasteiger charge is 2.43. The number of likely N-dealkylation sites (tertiary alicyclic amines) is 1. The van der Waals surface area contributed by atoms with Crippen LogP contribution in [0, 0.1) is 17.8 Å². The van der Waals surface area contributed by atoms with E-state index >= 15 is 0 Å². The van der Waals surface area contributed by atoms with Crippen molar-refractivity contribution in [2.45, 2.75) is 122 Å². The maximum atomic E-state index is 14.3. The zero-order chi connectivity index (χ0) is 41.3. The first-order chi connectivity index (χ1) is 27.1. The van der Waals surface area contributed by atoms with E-state index in [0.717, 1.165) is 36.6 Å². The third-order valence-corrected chi connectivity index (χ3v) is 10.9. The number of amides is 4. The maximum absolute atomic E-state index is 14.3. The van der Waals surface area contributed by atoms with Crippen molar-refractivity contribution < 1.29 is 28.7 Å². The molecule has 0 radical (unpaired) electrons. The summed E-state index contributed by atoms with van der Waals surface area (Å²) in [6.07, 6.45) is 4.18. The van der Waals surface area contributed by atoms with Crippen LogP contribution in [0.4, 0.5) is 0 Å². The van der Waals surface area contributed by atoms with Crippen LogP contribution in [0.5, 0.6) is 0 Å². The second kappa shape index (κ2) is 19.5. The standard InChI is InChI=1S/C44H61N7O6/c1-27(2)21-32(45)43(56)57-38(26-51-25-31-17-10-9-16-30(31)23-37(51)42(55)50-44(3,4)5)35(22-28-13-7-6-8-14-28)48-41(54)36(24-39(46)52)49-40(53)34-20-19-29-15-11-12-18-33(29)47-34/h6-8,11-15,18-20,27,30-32,35-38H,9-10,16-17,21-26,45H2,1-5H3,(H2,46,52)(H,48,54)(H,49,53)(H,50,55)/t30-,31+,32-,35-,36-,37-,38+/m0/s1. The van der Waals surface area contributed by atoms with Crippen molar-refractivity contribution in [2.24, 2.45) is 29.2 Å². The molecule has 2 aromatic carbocycles. The summed E-state index contributed by atoms with van der Waals surface area (Å²) >= 11 is 0. The number of carbonyl (C=O) groups is 5. The molecular formula is C44H61N7O6. The van der Waals surface area contributed by atoms with Crippen LogP contribution in [0.25, 0.3) is 10.9 Å². The lowest BCUT2D eigenvalue weighted by Crippen LogP contribution is -2.62. The van der Waals surface area contributed by atoms with E-state index in [9.17, 15) is 24.0 Å². The van der Waals surface area contributed by atoms with Gasteiger partial charge in [0.1, 0.15) is 23.9 Å². The van der Waals surface area contributed by atoms with Gasteiger partial charge in [-0.05, 0) is 81.9 Å². The first-order valence-corrected chi connectivity index (χ1v) is 20.4. The molecule has 2 heterocycles. The molecule has 1 aliphatic heterocycles. The molecule has 7 atom stereocenters. The zero-order valence-corrected chi connectivity index (χ0v) is 34.0. The molecule has 0 spiro atoms. The van der Waals surface area contributed by atoms with E-state index in [1.54, 1.807) is 18.2 Å². The molecule has 2 fully saturated rings. The zero-order valence-electron chi connectivity index (χ0n) is 34.0. The number of ether oxygens (including phenoxy) is 1. The second-order valence-electron chi connectivity index (χ2n) is 17.4. The highest BCUT2D eigenvalue weighted by Crippen LogP contribution is 2.39. The lowest BCUT2D eigenvalue weighted by molar-refractivity contribution is -0.156. The molecule has 3 aromatic rings. The summed E-state index contributed by atoms with van der Waals surface area (Å²) in [5, 5.41) is 9.73. The van der Waals surface area contributed by atoms with E-state index in [2.05, 4.69) is 25.8 Å². The number of pyridine rings is 1. The Hall–Kier alpha value is -4.88. The largest absolute Gasteiger partial charge is 0.458 e. The van der Waals surface area contributed by atoms with E-state index in [0.29, 0.717) is 36.7 Å². The Labute approximate surface area is 336 Å². The van der Waals surface area contributed by atoms with Crippen LogP contribution in [0.3, 0.4) is 0 Å². The van der Waals surface area contributed by atoms with Crippen LogP contribution >= 0.6 is 0 Å². The summed E-state index contributed by atoms with van der Waals surface area (Å²) in [6, 6.07) is 16.4.